The third kappa shape index (κ3) is 1.46. The van der Waals surface area contributed by atoms with Crippen molar-refractivity contribution >= 4 is 0 Å². The van der Waals surface area contributed by atoms with Gasteiger partial charge >= 0.3 is 0 Å². The van der Waals surface area contributed by atoms with Crippen LogP contribution in [0.3, 0.4) is 0 Å². The number of quaternary nitrogens is 1. The first-order valence-electron chi connectivity index (χ1n) is 7.12. The van der Waals surface area contributed by atoms with E-state index in [1.165, 1.54) is 37.8 Å². The van der Waals surface area contributed by atoms with Crippen molar-refractivity contribution in [1.82, 2.24) is 0 Å². The van der Waals surface area contributed by atoms with Gasteiger partial charge in [0.05, 0.1) is 6.54 Å². The largest absolute Gasteiger partial charge is 0.486 e. The summed E-state index contributed by atoms with van der Waals surface area (Å²) < 4.78 is 11.5. The molecule has 1 spiro atoms. The highest BCUT2D eigenvalue weighted by Crippen LogP contribution is 2.46. The Hall–Kier alpha value is -1.22. The normalized spacial score (nSPS) is 24.0. The van der Waals surface area contributed by atoms with Crippen molar-refractivity contribution in [1.29, 1.82) is 0 Å². The molecule has 96 valence electrons. The predicted octanol–water partition coefficient (Wildman–Crippen LogP) is 1.35. The van der Waals surface area contributed by atoms with E-state index in [0.29, 0.717) is 18.6 Å². The van der Waals surface area contributed by atoms with Crippen LogP contribution in [-0.4, -0.2) is 19.8 Å². The minimum Gasteiger partial charge on any atom is -0.486 e. The molecule has 3 nitrogen and oxygen atoms in total. The summed E-state index contributed by atoms with van der Waals surface area (Å²) in [5.41, 5.74) is 3.43. The van der Waals surface area contributed by atoms with Crippen molar-refractivity contribution in [2.75, 3.05) is 19.8 Å². The van der Waals surface area contributed by atoms with Crippen LogP contribution in [0.15, 0.2) is 12.1 Å². The molecule has 18 heavy (non-hydrogen) atoms. The average Bonchev–Trinajstić information content (AvgIpc) is 2.87. The van der Waals surface area contributed by atoms with Crippen molar-refractivity contribution in [3.63, 3.8) is 0 Å². The van der Waals surface area contributed by atoms with Gasteiger partial charge in [-0.25, -0.2) is 0 Å². The molecule has 0 atom stereocenters. The number of hydrogen-bond donors (Lipinski definition) is 1. The Morgan fingerprint density at radius 3 is 2.50 bits per heavy atom. The molecule has 0 amide bonds. The lowest BCUT2D eigenvalue weighted by atomic mass is 9.74. The molecule has 1 aromatic rings. The maximum Gasteiger partial charge on any atom is 0.161 e. The number of nitrogens with two attached hydrogens (primary N) is 1. The molecule has 3 aliphatic rings. The molecule has 0 saturated heterocycles. The lowest BCUT2D eigenvalue weighted by Crippen LogP contribution is -2.87. The number of fused-ring (bicyclic) bond motifs is 3. The summed E-state index contributed by atoms with van der Waals surface area (Å²) in [6.07, 6.45) is 5.44. The van der Waals surface area contributed by atoms with Crippen LogP contribution in [0.25, 0.3) is 0 Å². The van der Waals surface area contributed by atoms with Crippen LogP contribution in [0.4, 0.5) is 0 Å². The molecule has 0 bridgehead atoms. The van der Waals surface area contributed by atoms with Gasteiger partial charge in [0.15, 0.2) is 11.5 Å². The van der Waals surface area contributed by atoms with E-state index in [4.69, 9.17) is 9.47 Å². The van der Waals surface area contributed by atoms with E-state index in [0.717, 1.165) is 18.0 Å². The molecule has 0 unspecified atom stereocenters. The Morgan fingerprint density at radius 1 is 1.00 bits per heavy atom. The van der Waals surface area contributed by atoms with E-state index < -0.39 is 0 Å². The van der Waals surface area contributed by atoms with Crippen LogP contribution in [-0.2, 0) is 12.0 Å². The maximum atomic E-state index is 5.76. The van der Waals surface area contributed by atoms with Crippen molar-refractivity contribution in [2.45, 2.75) is 37.6 Å². The second-order valence-electron chi connectivity index (χ2n) is 5.84. The summed E-state index contributed by atoms with van der Waals surface area (Å²) in [5.74, 6) is 1.91. The highest BCUT2D eigenvalue weighted by atomic mass is 16.6. The highest BCUT2D eigenvalue weighted by Gasteiger charge is 2.42. The van der Waals surface area contributed by atoms with Crippen molar-refractivity contribution < 1.29 is 14.8 Å². The van der Waals surface area contributed by atoms with Gasteiger partial charge in [0.25, 0.3) is 0 Å². The third-order valence-corrected chi connectivity index (χ3v) is 4.80. The van der Waals surface area contributed by atoms with Gasteiger partial charge in [0.2, 0.25) is 0 Å². The van der Waals surface area contributed by atoms with Gasteiger partial charge in [0.1, 0.15) is 19.8 Å². The van der Waals surface area contributed by atoms with Crippen LogP contribution in [0.2, 0.25) is 0 Å². The van der Waals surface area contributed by atoms with E-state index >= 15 is 0 Å². The smallest absolute Gasteiger partial charge is 0.161 e. The Bertz CT molecular complexity index is 478. The van der Waals surface area contributed by atoms with Gasteiger partial charge in [0, 0.05) is 11.0 Å². The molecule has 1 fully saturated rings. The van der Waals surface area contributed by atoms with Crippen molar-refractivity contribution in [2.24, 2.45) is 0 Å². The fraction of sp³-hybridized carbons (Fsp3) is 0.600. The summed E-state index contributed by atoms with van der Waals surface area (Å²) in [6.45, 7) is 3.71. The second kappa shape index (κ2) is 3.89. The molecule has 3 heteroatoms. The first-order chi connectivity index (χ1) is 8.87. The number of hydrogen-bond acceptors (Lipinski definition) is 2. The number of ether oxygens (including phenoxy) is 2. The van der Waals surface area contributed by atoms with Crippen molar-refractivity contribution in [3.05, 3.63) is 23.3 Å². The topological polar surface area (TPSA) is 35.1 Å². The van der Waals surface area contributed by atoms with Gasteiger partial charge in [-0.2, -0.15) is 0 Å². The Balaban J connectivity index is 1.84. The van der Waals surface area contributed by atoms with Gasteiger partial charge in [-0.05, 0) is 30.5 Å². The van der Waals surface area contributed by atoms with Gasteiger partial charge in [-0.3, -0.25) is 0 Å². The number of rotatable bonds is 0. The zero-order valence-electron chi connectivity index (χ0n) is 10.7. The molecule has 1 saturated carbocycles. The van der Waals surface area contributed by atoms with E-state index in [2.05, 4.69) is 17.4 Å². The molecule has 2 heterocycles. The maximum absolute atomic E-state index is 5.76. The molecule has 0 radical (unpaired) electrons. The van der Waals surface area contributed by atoms with E-state index in [-0.39, 0.29) is 0 Å². The zero-order chi connectivity index (χ0) is 12.0. The SMILES string of the molecule is c1c2c(cc3c1OCCO3)C1(CCCC1)C[NH2+]C2. The molecule has 4 rings (SSSR count). The molecule has 1 aromatic carbocycles. The summed E-state index contributed by atoms with van der Waals surface area (Å²) in [5, 5.41) is 2.46. The zero-order valence-corrected chi connectivity index (χ0v) is 10.7. The quantitative estimate of drug-likeness (QED) is 0.750. The standard InChI is InChI=1S/C15H19NO2/c1-2-4-15(3-1)10-16-9-11-7-13-14(8-12(11)15)18-6-5-17-13/h7-8,16H,1-6,9-10H2/p+1. The molecule has 2 N–H and O–H groups in total. The average molecular weight is 246 g/mol. The summed E-state index contributed by atoms with van der Waals surface area (Å²) >= 11 is 0. The lowest BCUT2D eigenvalue weighted by Gasteiger charge is -2.35. The minimum atomic E-state index is 0.420. The fourth-order valence-electron chi connectivity index (χ4n) is 3.93. The minimum absolute atomic E-state index is 0.420. The third-order valence-electron chi connectivity index (χ3n) is 4.80. The Labute approximate surface area is 107 Å². The molecular weight excluding hydrogens is 226 g/mol. The van der Waals surface area contributed by atoms with Crippen LogP contribution in [0.1, 0.15) is 36.8 Å². The summed E-state index contributed by atoms with van der Waals surface area (Å²) in [6, 6.07) is 4.50. The van der Waals surface area contributed by atoms with Crippen LogP contribution >= 0.6 is 0 Å². The van der Waals surface area contributed by atoms with Crippen molar-refractivity contribution in [3.8, 4) is 11.5 Å². The van der Waals surface area contributed by atoms with Crippen LogP contribution in [0, 0.1) is 0 Å². The van der Waals surface area contributed by atoms with Crippen LogP contribution < -0.4 is 14.8 Å². The summed E-state index contributed by atoms with van der Waals surface area (Å²) in [7, 11) is 0. The molecule has 2 aliphatic heterocycles. The van der Waals surface area contributed by atoms with Gasteiger partial charge in [-0.1, -0.05) is 12.8 Å². The highest BCUT2D eigenvalue weighted by molar-refractivity contribution is 5.51. The van der Waals surface area contributed by atoms with E-state index in [9.17, 15) is 0 Å². The first kappa shape index (κ1) is 10.7. The summed E-state index contributed by atoms with van der Waals surface area (Å²) in [4.78, 5) is 0. The van der Waals surface area contributed by atoms with Gasteiger partial charge in [-0.15, -0.1) is 0 Å². The second-order valence-corrected chi connectivity index (χ2v) is 5.84. The van der Waals surface area contributed by atoms with E-state index in [1.807, 2.05) is 0 Å². The molecular formula is C15H20NO2+. The van der Waals surface area contributed by atoms with Gasteiger partial charge < -0.3 is 14.8 Å². The Kier molecular flexibility index (Phi) is 2.31. The van der Waals surface area contributed by atoms with Crippen LogP contribution in [0.5, 0.6) is 11.5 Å². The Morgan fingerprint density at radius 2 is 1.72 bits per heavy atom. The molecule has 1 aliphatic carbocycles. The van der Waals surface area contributed by atoms with E-state index in [1.54, 1.807) is 5.56 Å². The fourth-order valence-corrected chi connectivity index (χ4v) is 3.93. The lowest BCUT2D eigenvalue weighted by molar-refractivity contribution is -0.682. The predicted molar refractivity (Wildman–Crippen MR) is 68.1 cm³/mol. The molecule has 0 aromatic heterocycles. The first-order valence-corrected chi connectivity index (χ1v) is 7.12. The number of benzene rings is 1. The monoisotopic (exact) mass is 246 g/mol.